The molecule has 0 bridgehead atoms. The van der Waals surface area contributed by atoms with Gasteiger partial charge >= 0.3 is 0 Å². The van der Waals surface area contributed by atoms with Crippen LogP contribution in [0.5, 0.6) is 5.75 Å². The lowest BCUT2D eigenvalue weighted by Gasteiger charge is -2.36. The summed E-state index contributed by atoms with van der Waals surface area (Å²) in [5.41, 5.74) is 0. The van der Waals surface area contributed by atoms with Crippen LogP contribution in [0, 0.1) is 0 Å². The van der Waals surface area contributed by atoms with Crippen molar-refractivity contribution >= 4 is 16.6 Å². The summed E-state index contributed by atoms with van der Waals surface area (Å²) in [5.74, 6) is 0.928. The first kappa shape index (κ1) is 21.6. The normalized spacial score (nSPS) is 21.8. The summed E-state index contributed by atoms with van der Waals surface area (Å²) in [4.78, 5) is 2.57. The highest BCUT2D eigenvalue weighted by molar-refractivity contribution is 6.71. The molecule has 1 unspecified atom stereocenters. The maximum atomic E-state index is 6.56. The molecule has 1 aromatic rings. The second-order valence-electron chi connectivity index (χ2n) is 8.60. The molecule has 1 saturated heterocycles. The SMILES string of the molecule is CO[Si](C)(C)CCCN1CCC[Si](C)(C)OC(COc2ccccc2)C1. The molecule has 1 aliphatic rings. The standard InChI is InChI=1S/C20H37NO3Si2/c1-22-25(2,3)15-9-13-21-14-10-16-26(4,5)24-20(17-21)18-23-19-11-7-6-8-12-19/h6-8,11-12,20H,9-10,13-18H2,1-5H3. The summed E-state index contributed by atoms with van der Waals surface area (Å²) in [6, 6.07) is 12.5. The Labute approximate surface area is 162 Å². The Balaban J connectivity index is 1.89. The molecule has 1 aliphatic heterocycles. The van der Waals surface area contributed by atoms with Gasteiger partial charge in [0.25, 0.3) is 0 Å². The zero-order valence-corrected chi connectivity index (χ0v) is 19.3. The summed E-state index contributed by atoms with van der Waals surface area (Å²) < 4.78 is 18.3. The summed E-state index contributed by atoms with van der Waals surface area (Å²) in [6.45, 7) is 13.2. The van der Waals surface area contributed by atoms with Crippen LogP contribution >= 0.6 is 0 Å². The van der Waals surface area contributed by atoms with Gasteiger partial charge in [0.1, 0.15) is 12.4 Å². The van der Waals surface area contributed by atoms with Gasteiger partial charge in [-0.1, -0.05) is 18.2 Å². The minimum absolute atomic E-state index is 0.157. The molecule has 1 atom stereocenters. The Bertz CT molecular complexity index is 525. The second-order valence-corrected chi connectivity index (χ2v) is 17.3. The minimum atomic E-state index is -1.59. The molecule has 0 aromatic heterocycles. The van der Waals surface area contributed by atoms with Crippen LogP contribution in [0.4, 0.5) is 0 Å². The molecule has 6 heteroatoms. The average Bonchev–Trinajstić information content (AvgIpc) is 2.58. The molecule has 26 heavy (non-hydrogen) atoms. The number of hydrogen-bond donors (Lipinski definition) is 0. The molecule has 0 radical (unpaired) electrons. The minimum Gasteiger partial charge on any atom is -0.491 e. The Morgan fingerprint density at radius 1 is 1.23 bits per heavy atom. The van der Waals surface area contributed by atoms with Crippen LogP contribution in [-0.2, 0) is 8.85 Å². The van der Waals surface area contributed by atoms with Crippen LogP contribution in [0.25, 0.3) is 0 Å². The summed E-state index contributed by atoms with van der Waals surface area (Å²) in [7, 11) is -1.19. The molecular formula is C20H37NO3Si2. The zero-order chi connectivity index (χ0) is 19.0. The van der Waals surface area contributed by atoms with Crippen LogP contribution in [0.15, 0.2) is 30.3 Å². The Kier molecular flexibility index (Phi) is 8.35. The van der Waals surface area contributed by atoms with E-state index >= 15 is 0 Å². The van der Waals surface area contributed by atoms with Crippen LogP contribution in [0.3, 0.4) is 0 Å². The number of ether oxygens (including phenoxy) is 1. The smallest absolute Gasteiger partial charge is 0.187 e. The van der Waals surface area contributed by atoms with Crippen LogP contribution < -0.4 is 4.74 Å². The van der Waals surface area contributed by atoms with Crippen molar-refractivity contribution in [3.8, 4) is 5.75 Å². The van der Waals surface area contributed by atoms with E-state index in [1.807, 2.05) is 37.4 Å². The molecule has 148 valence electrons. The van der Waals surface area contributed by atoms with Crippen molar-refractivity contribution in [3.05, 3.63) is 30.3 Å². The largest absolute Gasteiger partial charge is 0.491 e. The average molecular weight is 396 g/mol. The van der Waals surface area contributed by atoms with Gasteiger partial charge < -0.3 is 18.5 Å². The van der Waals surface area contributed by atoms with E-state index in [1.54, 1.807) is 0 Å². The van der Waals surface area contributed by atoms with Crippen molar-refractivity contribution in [2.24, 2.45) is 0 Å². The maximum absolute atomic E-state index is 6.56. The molecule has 1 heterocycles. The van der Waals surface area contributed by atoms with Crippen molar-refractivity contribution in [2.75, 3.05) is 33.4 Å². The van der Waals surface area contributed by atoms with Gasteiger partial charge in [0.05, 0.1) is 6.10 Å². The van der Waals surface area contributed by atoms with E-state index < -0.39 is 16.6 Å². The fourth-order valence-electron chi connectivity index (χ4n) is 3.48. The van der Waals surface area contributed by atoms with E-state index in [9.17, 15) is 0 Å². The van der Waals surface area contributed by atoms with E-state index in [1.165, 1.54) is 31.5 Å². The summed E-state index contributed by atoms with van der Waals surface area (Å²) >= 11 is 0. The van der Waals surface area contributed by atoms with Crippen molar-refractivity contribution in [1.82, 2.24) is 4.90 Å². The van der Waals surface area contributed by atoms with Gasteiger partial charge in [-0.3, -0.25) is 0 Å². The molecule has 0 aliphatic carbocycles. The van der Waals surface area contributed by atoms with Gasteiger partial charge in [-0.25, -0.2) is 0 Å². The van der Waals surface area contributed by atoms with Gasteiger partial charge in [-0.05, 0) is 76.3 Å². The fourth-order valence-corrected chi connectivity index (χ4v) is 6.87. The Morgan fingerprint density at radius 3 is 2.65 bits per heavy atom. The topological polar surface area (TPSA) is 30.9 Å². The van der Waals surface area contributed by atoms with Gasteiger partial charge in [0.15, 0.2) is 16.6 Å². The van der Waals surface area contributed by atoms with E-state index in [0.717, 1.165) is 18.8 Å². The summed E-state index contributed by atoms with van der Waals surface area (Å²) in [6.07, 6.45) is 2.61. The molecule has 0 spiro atoms. The second kappa shape index (κ2) is 10.0. The van der Waals surface area contributed by atoms with Crippen LogP contribution in [-0.4, -0.2) is 61.0 Å². The lowest BCUT2D eigenvalue weighted by molar-refractivity contribution is 0.0724. The molecule has 4 nitrogen and oxygen atoms in total. The molecule has 2 rings (SSSR count). The quantitative estimate of drug-likeness (QED) is 0.602. The van der Waals surface area contributed by atoms with Gasteiger partial charge in [-0.15, -0.1) is 0 Å². The van der Waals surface area contributed by atoms with Gasteiger partial charge in [-0.2, -0.15) is 0 Å². The van der Waals surface area contributed by atoms with E-state index in [-0.39, 0.29) is 6.10 Å². The molecular weight excluding hydrogens is 358 g/mol. The number of para-hydroxylation sites is 1. The highest BCUT2D eigenvalue weighted by Crippen LogP contribution is 2.22. The lowest BCUT2D eigenvalue weighted by atomic mass is 10.3. The van der Waals surface area contributed by atoms with Crippen molar-refractivity contribution < 1.29 is 13.6 Å². The maximum Gasteiger partial charge on any atom is 0.187 e. The fraction of sp³-hybridized carbons (Fsp3) is 0.700. The van der Waals surface area contributed by atoms with Crippen LogP contribution in [0.2, 0.25) is 38.3 Å². The monoisotopic (exact) mass is 395 g/mol. The summed E-state index contributed by atoms with van der Waals surface area (Å²) in [5, 5.41) is 0. The van der Waals surface area contributed by atoms with Crippen molar-refractivity contribution in [1.29, 1.82) is 0 Å². The van der Waals surface area contributed by atoms with Crippen molar-refractivity contribution in [2.45, 2.75) is 57.2 Å². The number of rotatable bonds is 8. The number of nitrogens with zero attached hydrogens (tertiary/aromatic N) is 1. The third-order valence-corrected chi connectivity index (χ3v) is 10.4. The molecule has 0 N–H and O–H groups in total. The molecule has 1 fully saturated rings. The third-order valence-electron chi connectivity index (χ3n) is 5.19. The zero-order valence-electron chi connectivity index (χ0n) is 17.3. The predicted octanol–water partition coefficient (Wildman–Crippen LogP) is 4.60. The molecule has 0 saturated carbocycles. The highest BCUT2D eigenvalue weighted by atomic mass is 28.4. The predicted molar refractivity (Wildman–Crippen MR) is 114 cm³/mol. The highest BCUT2D eigenvalue weighted by Gasteiger charge is 2.31. The van der Waals surface area contributed by atoms with Gasteiger partial charge in [0.2, 0.25) is 0 Å². The Hall–Kier alpha value is -0.666. The number of hydrogen-bond acceptors (Lipinski definition) is 4. The van der Waals surface area contributed by atoms with Crippen LogP contribution in [0.1, 0.15) is 12.8 Å². The van der Waals surface area contributed by atoms with Gasteiger partial charge in [0, 0.05) is 13.7 Å². The first-order valence-electron chi connectivity index (χ1n) is 9.93. The van der Waals surface area contributed by atoms with E-state index in [4.69, 9.17) is 13.6 Å². The third kappa shape index (κ3) is 7.92. The first-order valence-corrected chi connectivity index (χ1v) is 16.2. The van der Waals surface area contributed by atoms with Crippen molar-refractivity contribution in [3.63, 3.8) is 0 Å². The first-order chi connectivity index (χ1) is 12.3. The molecule has 0 amide bonds. The lowest BCUT2D eigenvalue weighted by Crippen LogP contribution is -2.47. The number of benzene rings is 1. The Morgan fingerprint density at radius 2 is 1.96 bits per heavy atom. The van der Waals surface area contributed by atoms with E-state index in [0.29, 0.717) is 6.61 Å². The van der Waals surface area contributed by atoms with E-state index in [2.05, 4.69) is 31.1 Å². The molecule has 1 aromatic carbocycles.